The molecule has 0 aliphatic carbocycles. The van der Waals surface area contributed by atoms with E-state index in [2.05, 4.69) is 44.1 Å². The number of nitrogens with zero attached hydrogens (tertiary/aromatic N) is 1. The Kier molecular flexibility index (Phi) is 4.81. The minimum atomic E-state index is 0.114. The Morgan fingerprint density at radius 3 is 2.67 bits per heavy atom. The number of carbonyl (C=O) groups is 1. The summed E-state index contributed by atoms with van der Waals surface area (Å²) >= 11 is 6.87. The van der Waals surface area contributed by atoms with Crippen molar-refractivity contribution in [2.24, 2.45) is 0 Å². The van der Waals surface area contributed by atoms with E-state index in [4.69, 9.17) is 0 Å². The van der Waals surface area contributed by atoms with E-state index in [9.17, 15) is 4.79 Å². The predicted octanol–water partition coefficient (Wildman–Crippen LogP) is 3.04. The number of amides is 1. The molecule has 1 aliphatic rings. The summed E-state index contributed by atoms with van der Waals surface area (Å²) in [6.45, 7) is 4.72. The van der Waals surface area contributed by atoms with Gasteiger partial charge < -0.3 is 10.2 Å². The first kappa shape index (κ1) is 14.0. The van der Waals surface area contributed by atoms with Crippen molar-refractivity contribution in [2.75, 3.05) is 19.6 Å². The number of nitrogens with one attached hydrogen (secondary N) is 1. The minimum Gasteiger partial charge on any atom is -0.333 e. The molecule has 2 rings (SSSR count). The number of hydrogen-bond donors (Lipinski definition) is 1. The van der Waals surface area contributed by atoms with E-state index in [1.807, 2.05) is 23.1 Å². The van der Waals surface area contributed by atoms with Gasteiger partial charge >= 0.3 is 0 Å². The lowest BCUT2D eigenvalue weighted by Gasteiger charge is -2.38. The highest BCUT2D eigenvalue weighted by molar-refractivity contribution is 9.11. The van der Waals surface area contributed by atoms with Gasteiger partial charge in [0.25, 0.3) is 5.91 Å². The monoisotopic (exact) mass is 374 g/mol. The molecule has 18 heavy (non-hydrogen) atoms. The lowest BCUT2D eigenvalue weighted by molar-refractivity contribution is 0.0615. The highest BCUT2D eigenvalue weighted by Gasteiger charge is 2.29. The third kappa shape index (κ3) is 2.95. The Labute approximate surface area is 124 Å². The van der Waals surface area contributed by atoms with Crippen molar-refractivity contribution in [2.45, 2.75) is 19.4 Å². The molecule has 0 unspecified atom stereocenters. The van der Waals surface area contributed by atoms with Gasteiger partial charge in [-0.1, -0.05) is 22.9 Å². The Bertz CT molecular complexity index is 447. The largest absolute Gasteiger partial charge is 0.333 e. The van der Waals surface area contributed by atoms with Crippen LogP contribution in [-0.2, 0) is 0 Å². The number of halogens is 2. The summed E-state index contributed by atoms with van der Waals surface area (Å²) in [5, 5.41) is 3.22. The van der Waals surface area contributed by atoms with Gasteiger partial charge in [-0.2, -0.15) is 0 Å². The number of carbonyl (C=O) groups excluding carboxylic acids is 1. The Balaban J connectivity index is 2.21. The van der Waals surface area contributed by atoms with Crippen LogP contribution in [-0.4, -0.2) is 36.5 Å². The maximum absolute atomic E-state index is 12.6. The van der Waals surface area contributed by atoms with E-state index in [1.54, 1.807) is 0 Å². The zero-order valence-corrected chi connectivity index (χ0v) is 13.4. The fourth-order valence-electron chi connectivity index (χ4n) is 2.00. The first-order valence-electron chi connectivity index (χ1n) is 6.10. The molecular formula is C13H16Br2N2O. The molecule has 1 amide bonds. The van der Waals surface area contributed by atoms with Crippen LogP contribution in [0.4, 0.5) is 0 Å². The molecule has 98 valence electrons. The van der Waals surface area contributed by atoms with Crippen LogP contribution in [0.15, 0.2) is 27.1 Å². The summed E-state index contributed by atoms with van der Waals surface area (Å²) in [5.74, 6) is 0.114. The van der Waals surface area contributed by atoms with Crippen molar-refractivity contribution < 1.29 is 4.79 Å². The van der Waals surface area contributed by atoms with Crippen LogP contribution >= 0.6 is 31.9 Å². The lowest BCUT2D eigenvalue weighted by Crippen LogP contribution is -2.59. The molecule has 1 aliphatic heterocycles. The zero-order chi connectivity index (χ0) is 13.1. The van der Waals surface area contributed by atoms with Gasteiger partial charge in [-0.15, -0.1) is 0 Å². The summed E-state index contributed by atoms with van der Waals surface area (Å²) in [6.07, 6.45) is 0.983. The summed E-state index contributed by atoms with van der Waals surface area (Å²) in [7, 11) is 0. The van der Waals surface area contributed by atoms with Gasteiger partial charge in [0.2, 0.25) is 0 Å². The second kappa shape index (κ2) is 6.17. The van der Waals surface area contributed by atoms with Crippen molar-refractivity contribution in [3.63, 3.8) is 0 Å². The minimum absolute atomic E-state index is 0.114. The summed E-state index contributed by atoms with van der Waals surface area (Å²) in [4.78, 5) is 14.5. The van der Waals surface area contributed by atoms with Crippen molar-refractivity contribution in [3.05, 3.63) is 32.7 Å². The van der Waals surface area contributed by atoms with E-state index in [0.717, 1.165) is 40.6 Å². The normalized spacial score (nSPS) is 15.3. The smallest absolute Gasteiger partial charge is 0.255 e. The van der Waals surface area contributed by atoms with E-state index < -0.39 is 0 Å². The van der Waals surface area contributed by atoms with Crippen molar-refractivity contribution in [1.82, 2.24) is 10.2 Å². The molecule has 1 heterocycles. The highest BCUT2D eigenvalue weighted by atomic mass is 79.9. The van der Waals surface area contributed by atoms with E-state index in [0.29, 0.717) is 6.04 Å². The summed E-state index contributed by atoms with van der Waals surface area (Å²) in [6, 6.07) is 6.02. The van der Waals surface area contributed by atoms with Gasteiger partial charge in [-0.05, 0) is 40.5 Å². The Morgan fingerprint density at radius 1 is 1.44 bits per heavy atom. The highest BCUT2D eigenvalue weighted by Crippen LogP contribution is 2.24. The molecule has 5 heteroatoms. The molecule has 1 N–H and O–H groups in total. The molecule has 0 atom stereocenters. The average Bonchev–Trinajstić information content (AvgIpc) is 2.25. The van der Waals surface area contributed by atoms with Crippen LogP contribution in [0, 0.1) is 0 Å². The van der Waals surface area contributed by atoms with Gasteiger partial charge in [-0.3, -0.25) is 4.79 Å². The molecule has 0 spiro atoms. The molecule has 0 saturated carbocycles. The second-order valence-corrected chi connectivity index (χ2v) is 6.20. The summed E-state index contributed by atoms with van der Waals surface area (Å²) in [5.41, 5.74) is 0.735. The molecule has 1 saturated heterocycles. The van der Waals surface area contributed by atoms with Gasteiger partial charge in [0, 0.05) is 28.6 Å². The first-order chi connectivity index (χ1) is 8.63. The quantitative estimate of drug-likeness (QED) is 0.877. The Morgan fingerprint density at radius 2 is 2.17 bits per heavy atom. The first-order valence-corrected chi connectivity index (χ1v) is 7.68. The van der Waals surface area contributed by atoms with Crippen LogP contribution in [0.2, 0.25) is 0 Å². The van der Waals surface area contributed by atoms with Crippen LogP contribution in [0.5, 0.6) is 0 Å². The SMILES string of the molecule is CCCN(C(=O)c1ccc(Br)cc1Br)C1CNC1. The third-order valence-corrected chi connectivity index (χ3v) is 4.24. The van der Waals surface area contributed by atoms with Gasteiger partial charge in [0.15, 0.2) is 0 Å². The Hall–Kier alpha value is -0.390. The van der Waals surface area contributed by atoms with Crippen LogP contribution < -0.4 is 5.32 Å². The number of benzene rings is 1. The van der Waals surface area contributed by atoms with Gasteiger partial charge in [0.05, 0.1) is 11.6 Å². The fourth-order valence-corrected chi connectivity index (χ4v) is 3.22. The van der Waals surface area contributed by atoms with Crippen molar-refractivity contribution in [3.8, 4) is 0 Å². The summed E-state index contributed by atoms with van der Waals surface area (Å²) < 4.78 is 1.81. The predicted molar refractivity (Wildman–Crippen MR) is 79.8 cm³/mol. The van der Waals surface area contributed by atoms with Crippen LogP contribution in [0.25, 0.3) is 0 Å². The van der Waals surface area contributed by atoms with E-state index in [1.165, 1.54) is 0 Å². The third-order valence-electron chi connectivity index (χ3n) is 3.09. The molecule has 1 aromatic carbocycles. The molecule has 1 fully saturated rings. The zero-order valence-electron chi connectivity index (χ0n) is 10.2. The maximum atomic E-state index is 12.6. The average molecular weight is 376 g/mol. The van der Waals surface area contributed by atoms with Gasteiger partial charge in [-0.25, -0.2) is 0 Å². The van der Waals surface area contributed by atoms with Crippen molar-refractivity contribution >= 4 is 37.8 Å². The number of hydrogen-bond acceptors (Lipinski definition) is 2. The van der Waals surface area contributed by atoms with E-state index in [-0.39, 0.29) is 5.91 Å². The molecule has 1 aromatic rings. The van der Waals surface area contributed by atoms with Gasteiger partial charge in [0.1, 0.15) is 0 Å². The second-order valence-electron chi connectivity index (χ2n) is 4.43. The maximum Gasteiger partial charge on any atom is 0.255 e. The fraction of sp³-hybridized carbons (Fsp3) is 0.462. The molecule has 3 nitrogen and oxygen atoms in total. The van der Waals surface area contributed by atoms with E-state index >= 15 is 0 Å². The molecular weight excluding hydrogens is 360 g/mol. The lowest BCUT2D eigenvalue weighted by atomic mass is 10.1. The standard InChI is InChI=1S/C13H16Br2N2O/c1-2-5-17(10-7-16-8-10)13(18)11-4-3-9(14)6-12(11)15/h3-4,6,10,16H,2,5,7-8H2,1H3. The molecule has 0 radical (unpaired) electrons. The molecule has 0 bridgehead atoms. The van der Waals surface area contributed by atoms with Crippen molar-refractivity contribution in [1.29, 1.82) is 0 Å². The number of rotatable bonds is 4. The van der Waals surface area contributed by atoms with Crippen LogP contribution in [0.3, 0.4) is 0 Å². The molecule has 0 aromatic heterocycles. The topological polar surface area (TPSA) is 32.3 Å². The van der Waals surface area contributed by atoms with Crippen LogP contribution in [0.1, 0.15) is 23.7 Å².